The molecule has 8 heteroatoms. The van der Waals surface area contributed by atoms with Crippen molar-refractivity contribution in [3.05, 3.63) is 0 Å². The van der Waals surface area contributed by atoms with Crippen molar-refractivity contribution in [2.24, 2.45) is 11.8 Å². The van der Waals surface area contributed by atoms with Gasteiger partial charge in [0.1, 0.15) is 0 Å². The highest BCUT2D eigenvalue weighted by Crippen LogP contribution is 2.24. The molecule has 0 saturated carbocycles. The van der Waals surface area contributed by atoms with E-state index < -0.39 is 5.97 Å². The molecular formula is C12H18N2O5S. The SMILES string of the molecule is C[C@@H]1C(=O)N(CCNC(=O)CSCC(=O)O)C(=O)[C@H]1C. The molecule has 20 heavy (non-hydrogen) atoms. The molecule has 1 rings (SSSR count). The number of nitrogens with zero attached hydrogens (tertiary/aromatic N) is 1. The molecule has 7 nitrogen and oxygen atoms in total. The fraction of sp³-hybridized carbons (Fsp3) is 0.667. The van der Waals surface area contributed by atoms with Crippen molar-refractivity contribution in [1.82, 2.24) is 10.2 Å². The van der Waals surface area contributed by atoms with Gasteiger partial charge in [-0.2, -0.15) is 0 Å². The normalized spacial score (nSPS) is 22.2. The summed E-state index contributed by atoms with van der Waals surface area (Å²) >= 11 is 0.995. The molecule has 1 aliphatic heterocycles. The average Bonchev–Trinajstić information content (AvgIpc) is 2.56. The number of nitrogens with one attached hydrogen (secondary N) is 1. The number of carbonyl (C=O) groups excluding carboxylic acids is 3. The second-order valence-electron chi connectivity index (χ2n) is 4.64. The summed E-state index contributed by atoms with van der Waals surface area (Å²) in [6, 6.07) is 0. The van der Waals surface area contributed by atoms with Gasteiger partial charge in [-0.1, -0.05) is 13.8 Å². The van der Waals surface area contributed by atoms with Gasteiger partial charge < -0.3 is 10.4 Å². The summed E-state index contributed by atoms with van der Waals surface area (Å²) in [6.07, 6.45) is 0. The van der Waals surface area contributed by atoms with E-state index in [0.717, 1.165) is 11.8 Å². The van der Waals surface area contributed by atoms with Crippen LogP contribution in [0, 0.1) is 11.8 Å². The van der Waals surface area contributed by atoms with Gasteiger partial charge in [-0.05, 0) is 0 Å². The standard InChI is InChI=1S/C12H18N2O5S/c1-7-8(2)12(19)14(11(7)18)4-3-13-9(15)5-20-6-10(16)17/h7-8H,3-6H2,1-2H3,(H,13,15)(H,16,17)/t7-,8-/m0/s1. The lowest BCUT2D eigenvalue weighted by atomic mass is 10.00. The minimum Gasteiger partial charge on any atom is -0.481 e. The molecule has 0 radical (unpaired) electrons. The van der Waals surface area contributed by atoms with E-state index in [0.29, 0.717) is 0 Å². The van der Waals surface area contributed by atoms with Gasteiger partial charge in [-0.25, -0.2) is 0 Å². The van der Waals surface area contributed by atoms with Gasteiger partial charge in [0.15, 0.2) is 0 Å². The Hall–Kier alpha value is -1.57. The maximum absolute atomic E-state index is 11.8. The predicted octanol–water partition coefficient (Wildman–Crippen LogP) is -0.439. The zero-order valence-corrected chi connectivity index (χ0v) is 12.2. The molecule has 1 heterocycles. The van der Waals surface area contributed by atoms with Crippen LogP contribution in [-0.2, 0) is 19.2 Å². The molecule has 0 unspecified atom stereocenters. The van der Waals surface area contributed by atoms with Crippen molar-refractivity contribution < 1.29 is 24.3 Å². The van der Waals surface area contributed by atoms with Crippen molar-refractivity contribution in [3.63, 3.8) is 0 Å². The van der Waals surface area contributed by atoms with Crippen molar-refractivity contribution in [2.75, 3.05) is 24.6 Å². The molecule has 1 aliphatic rings. The summed E-state index contributed by atoms with van der Waals surface area (Å²) in [5.41, 5.74) is 0. The van der Waals surface area contributed by atoms with Crippen LogP contribution in [0.25, 0.3) is 0 Å². The maximum atomic E-state index is 11.8. The van der Waals surface area contributed by atoms with Crippen molar-refractivity contribution in [3.8, 4) is 0 Å². The summed E-state index contributed by atoms with van der Waals surface area (Å²) in [5.74, 6) is -2.43. The first kappa shape index (κ1) is 16.5. The molecule has 1 fully saturated rings. The number of carbonyl (C=O) groups is 4. The first-order valence-electron chi connectivity index (χ1n) is 6.26. The van der Waals surface area contributed by atoms with Crippen LogP contribution in [0.4, 0.5) is 0 Å². The third-order valence-corrected chi connectivity index (χ3v) is 4.09. The van der Waals surface area contributed by atoms with Crippen LogP contribution in [0.2, 0.25) is 0 Å². The summed E-state index contributed by atoms with van der Waals surface area (Å²) in [5, 5.41) is 11.0. The Bertz CT molecular complexity index is 406. The van der Waals surface area contributed by atoms with Crippen LogP contribution in [0.5, 0.6) is 0 Å². The van der Waals surface area contributed by atoms with Crippen LogP contribution < -0.4 is 5.32 Å². The highest BCUT2D eigenvalue weighted by molar-refractivity contribution is 8.00. The maximum Gasteiger partial charge on any atom is 0.313 e. The van der Waals surface area contributed by atoms with Gasteiger partial charge in [-0.15, -0.1) is 11.8 Å². The lowest BCUT2D eigenvalue weighted by molar-refractivity contribution is -0.140. The summed E-state index contributed by atoms with van der Waals surface area (Å²) in [4.78, 5) is 46.4. The average molecular weight is 302 g/mol. The Morgan fingerprint density at radius 2 is 1.75 bits per heavy atom. The second kappa shape index (κ2) is 7.28. The number of aliphatic carboxylic acids is 1. The molecule has 2 atom stereocenters. The molecule has 0 aromatic heterocycles. The number of hydrogen-bond donors (Lipinski definition) is 2. The van der Waals surface area contributed by atoms with E-state index in [-0.39, 0.29) is 54.2 Å². The summed E-state index contributed by atoms with van der Waals surface area (Å²) in [7, 11) is 0. The molecule has 0 bridgehead atoms. The molecule has 0 aromatic carbocycles. The van der Waals surface area contributed by atoms with E-state index in [1.807, 2.05) is 0 Å². The quantitative estimate of drug-likeness (QED) is 0.618. The number of amides is 3. The Morgan fingerprint density at radius 3 is 2.25 bits per heavy atom. The van der Waals surface area contributed by atoms with Gasteiger partial charge in [0.05, 0.1) is 11.5 Å². The fourth-order valence-corrected chi connectivity index (χ4v) is 2.40. The molecule has 3 amide bonds. The monoisotopic (exact) mass is 302 g/mol. The highest BCUT2D eigenvalue weighted by atomic mass is 32.2. The third-order valence-electron chi connectivity index (χ3n) is 3.18. The van der Waals surface area contributed by atoms with Crippen molar-refractivity contribution >= 4 is 35.5 Å². The van der Waals surface area contributed by atoms with Crippen LogP contribution in [-0.4, -0.2) is 58.3 Å². The van der Waals surface area contributed by atoms with Gasteiger partial charge >= 0.3 is 5.97 Å². The van der Waals surface area contributed by atoms with E-state index in [9.17, 15) is 19.2 Å². The molecule has 112 valence electrons. The zero-order valence-electron chi connectivity index (χ0n) is 11.4. The van der Waals surface area contributed by atoms with Crippen LogP contribution in [0.3, 0.4) is 0 Å². The predicted molar refractivity (Wildman–Crippen MR) is 73.0 cm³/mol. The Morgan fingerprint density at radius 1 is 1.20 bits per heavy atom. The van der Waals surface area contributed by atoms with Crippen molar-refractivity contribution in [1.29, 1.82) is 0 Å². The van der Waals surface area contributed by atoms with Gasteiger partial charge in [-0.3, -0.25) is 24.1 Å². The number of imide groups is 1. The van der Waals surface area contributed by atoms with E-state index in [1.165, 1.54) is 4.90 Å². The number of carboxylic acid groups (broad SMARTS) is 1. The first-order chi connectivity index (χ1) is 9.34. The van der Waals surface area contributed by atoms with Crippen LogP contribution in [0.15, 0.2) is 0 Å². The Kier molecular flexibility index (Phi) is 6.00. The first-order valence-corrected chi connectivity index (χ1v) is 7.41. The number of thioether (sulfide) groups is 1. The molecule has 0 spiro atoms. The van der Waals surface area contributed by atoms with Crippen LogP contribution in [0.1, 0.15) is 13.8 Å². The van der Waals surface area contributed by atoms with E-state index in [2.05, 4.69) is 5.32 Å². The Labute approximate surface area is 121 Å². The number of carboxylic acids is 1. The largest absolute Gasteiger partial charge is 0.481 e. The number of rotatable bonds is 7. The van der Waals surface area contributed by atoms with Gasteiger partial charge in [0.2, 0.25) is 17.7 Å². The number of hydrogen-bond acceptors (Lipinski definition) is 5. The minimum atomic E-state index is -0.973. The fourth-order valence-electron chi connectivity index (χ4n) is 1.84. The molecule has 0 aliphatic carbocycles. The highest BCUT2D eigenvalue weighted by Gasteiger charge is 2.41. The lowest BCUT2D eigenvalue weighted by Gasteiger charge is -2.14. The Balaban J connectivity index is 2.27. The number of likely N-dealkylation sites (tertiary alicyclic amines) is 1. The minimum absolute atomic E-state index is 0.0427. The summed E-state index contributed by atoms with van der Waals surface area (Å²) < 4.78 is 0. The van der Waals surface area contributed by atoms with E-state index in [1.54, 1.807) is 13.8 Å². The third kappa shape index (κ3) is 4.22. The molecule has 1 saturated heterocycles. The van der Waals surface area contributed by atoms with Crippen molar-refractivity contribution in [2.45, 2.75) is 13.8 Å². The van der Waals surface area contributed by atoms with Gasteiger partial charge in [0, 0.05) is 24.9 Å². The smallest absolute Gasteiger partial charge is 0.313 e. The molecular weight excluding hydrogens is 284 g/mol. The molecule has 0 aromatic rings. The van der Waals surface area contributed by atoms with Gasteiger partial charge in [0.25, 0.3) is 0 Å². The second-order valence-corrected chi connectivity index (χ2v) is 5.63. The zero-order chi connectivity index (χ0) is 15.3. The van der Waals surface area contributed by atoms with Crippen LogP contribution >= 0.6 is 11.8 Å². The summed E-state index contributed by atoms with van der Waals surface area (Å²) in [6.45, 7) is 3.77. The molecule has 2 N–H and O–H groups in total. The topological polar surface area (TPSA) is 104 Å². The lowest BCUT2D eigenvalue weighted by Crippen LogP contribution is -2.39. The van der Waals surface area contributed by atoms with E-state index >= 15 is 0 Å². The van der Waals surface area contributed by atoms with E-state index in [4.69, 9.17) is 5.11 Å².